The van der Waals surface area contributed by atoms with Gasteiger partial charge in [0, 0.05) is 25.6 Å². The molecule has 0 bridgehead atoms. The second-order valence-electron chi connectivity index (χ2n) is 5.44. The highest BCUT2D eigenvalue weighted by atomic mass is 16.5. The first-order valence-corrected chi connectivity index (χ1v) is 7.77. The summed E-state index contributed by atoms with van der Waals surface area (Å²) in [4.78, 5) is 36.1. The fourth-order valence-corrected chi connectivity index (χ4v) is 2.30. The summed E-state index contributed by atoms with van der Waals surface area (Å²) in [5.41, 5.74) is 0.592. The summed E-state index contributed by atoms with van der Waals surface area (Å²) in [6.45, 7) is 3.05. The molecule has 0 aliphatic rings. The highest BCUT2D eigenvalue weighted by Crippen LogP contribution is 2.25. The molecule has 0 aliphatic heterocycles. The molecule has 0 aliphatic carbocycles. The van der Waals surface area contributed by atoms with E-state index in [1.807, 2.05) is 0 Å². The Kier molecular flexibility index (Phi) is 7.71. The Morgan fingerprint density at radius 2 is 1.92 bits per heavy atom. The minimum atomic E-state index is -1.12. The number of benzene rings is 1. The predicted molar refractivity (Wildman–Crippen MR) is 90.7 cm³/mol. The van der Waals surface area contributed by atoms with E-state index in [4.69, 9.17) is 9.47 Å². The fourth-order valence-electron chi connectivity index (χ4n) is 2.30. The van der Waals surface area contributed by atoms with Crippen LogP contribution in [0.2, 0.25) is 0 Å². The lowest BCUT2D eigenvalue weighted by Crippen LogP contribution is -2.47. The molecule has 1 rings (SSSR count). The van der Waals surface area contributed by atoms with Gasteiger partial charge in [0.1, 0.15) is 17.5 Å². The molecule has 0 aromatic heterocycles. The summed E-state index contributed by atoms with van der Waals surface area (Å²) in [6, 6.07) is 4.05. The lowest BCUT2D eigenvalue weighted by Gasteiger charge is -2.27. The molecule has 1 atom stereocenters. The fraction of sp³-hybridized carbons (Fsp3) is 0.471. The molecule has 1 aromatic rings. The first-order chi connectivity index (χ1) is 11.8. The quantitative estimate of drug-likeness (QED) is 0.677. The van der Waals surface area contributed by atoms with Crippen molar-refractivity contribution in [1.82, 2.24) is 10.2 Å². The molecule has 0 saturated carbocycles. The van der Waals surface area contributed by atoms with Gasteiger partial charge in [0.2, 0.25) is 11.8 Å². The number of carboxylic acid groups (broad SMARTS) is 1. The van der Waals surface area contributed by atoms with E-state index < -0.39 is 12.0 Å². The maximum Gasteiger partial charge on any atom is 0.326 e. The van der Waals surface area contributed by atoms with Gasteiger partial charge in [-0.15, -0.1) is 0 Å². The van der Waals surface area contributed by atoms with Crippen molar-refractivity contribution < 1.29 is 29.0 Å². The van der Waals surface area contributed by atoms with Gasteiger partial charge in [-0.3, -0.25) is 9.59 Å². The number of carbonyl (C=O) groups is 3. The van der Waals surface area contributed by atoms with Crippen molar-refractivity contribution in [3.63, 3.8) is 0 Å². The molecular weight excluding hydrogens is 328 g/mol. The van der Waals surface area contributed by atoms with Crippen LogP contribution >= 0.6 is 0 Å². The number of carboxylic acids is 1. The van der Waals surface area contributed by atoms with Crippen molar-refractivity contribution >= 4 is 17.8 Å². The maximum atomic E-state index is 12.7. The van der Waals surface area contributed by atoms with E-state index >= 15 is 0 Å². The van der Waals surface area contributed by atoms with Gasteiger partial charge >= 0.3 is 5.97 Å². The maximum absolute atomic E-state index is 12.7. The van der Waals surface area contributed by atoms with Gasteiger partial charge in [0.05, 0.1) is 20.6 Å². The standard InChI is InChI=1S/C17H24N2O6/c1-11(17(22)23)19(8-7-18-12(2)20)16(21)10-13-9-14(24-3)5-6-15(13)25-4/h5-6,9,11H,7-8,10H2,1-4H3,(H,18,20)(H,22,23). The van der Waals surface area contributed by atoms with Crippen molar-refractivity contribution in [2.45, 2.75) is 26.3 Å². The Bertz CT molecular complexity index is 632. The number of nitrogens with one attached hydrogen (secondary N) is 1. The zero-order chi connectivity index (χ0) is 19.0. The van der Waals surface area contributed by atoms with Gasteiger partial charge in [0.25, 0.3) is 0 Å². The number of methoxy groups -OCH3 is 2. The number of carbonyl (C=O) groups excluding carboxylic acids is 2. The monoisotopic (exact) mass is 352 g/mol. The van der Waals surface area contributed by atoms with Gasteiger partial charge in [-0.25, -0.2) is 4.79 Å². The average Bonchev–Trinajstić information content (AvgIpc) is 2.57. The van der Waals surface area contributed by atoms with Crippen molar-refractivity contribution in [1.29, 1.82) is 0 Å². The van der Waals surface area contributed by atoms with E-state index in [0.29, 0.717) is 17.1 Å². The van der Waals surface area contributed by atoms with Crippen LogP contribution in [0.3, 0.4) is 0 Å². The van der Waals surface area contributed by atoms with E-state index in [0.717, 1.165) is 0 Å². The Morgan fingerprint density at radius 1 is 1.24 bits per heavy atom. The number of hydrogen-bond acceptors (Lipinski definition) is 5. The third kappa shape index (κ3) is 5.98. The molecule has 25 heavy (non-hydrogen) atoms. The zero-order valence-corrected chi connectivity index (χ0v) is 14.9. The molecule has 0 spiro atoms. The Hall–Kier alpha value is -2.77. The predicted octanol–water partition coefficient (Wildman–Crippen LogP) is 0.684. The second kappa shape index (κ2) is 9.51. The average molecular weight is 352 g/mol. The molecule has 8 heteroatoms. The SMILES string of the molecule is COc1ccc(OC)c(CC(=O)N(CCNC(C)=O)C(C)C(=O)O)c1. The first kappa shape index (κ1) is 20.3. The normalized spacial score (nSPS) is 11.4. The van der Waals surface area contributed by atoms with Crippen molar-refractivity contribution in [3.8, 4) is 11.5 Å². The molecule has 2 N–H and O–H groups in total. The van der Waals surface area contributed by atoms with Crippen molar-refractivity contribution in [3.05, 3.63) is 23.8 Å². The molecule has 0 saturated heterocycles. The highest BCUT2D eigenvalue weighted by molar-refractivity contribution is 5.85. The minimum absolute atomic E-state index is 0.0436. The highest BCUT2D eigenvalue weighted by Gasteiger charge is 2.26. The van der Waals surface area contributed by atoms with Crippen LogP contribution in [0.4, 0.5) is 0 Å². The summed E-state index contributed by atoms with van der Waals surface area (Å²) in [7, 11) is 3.00. The molecule has 0 heterocycles. The van der Waals surface area contributed by atoms with Crippen LogP contribution in [0.15, 0.2) is 18.2 Å². The van der Waals surface area contributed by atoms with Gasteiger partial charge < -0.3 is 24.8 Å². The number of hydrogen-bond donors (Lipinski definition) is 2. The van der Waals surface area contributed by atoms with Crippen LogP contribution < -0.4 is 14.8 Å². The molecule has 0 radical (unpaired) electrons. The molecule has 138 valence electrons. The number of amides is 2. The lowest BCUT2D eigenvalue weighted by atomic mass is 10.1. The Morgan fingerprint density at radius 3 is 2.44 bits per heavy atom. The molecule has 8 nitrogen and oxygen atoms in total. The van der Waals surface area contributed by atoms with Gasteiger partial charge in [-0.2, -0.15) is 0 Å². The first-order valence-electron chi connectivity index (χ1n) is 7.77. The minimum Gasteiger partial charge on any atom is -0.497 e. The number of aliphatic carboxylic acids is 1. The van der Waals surface area contributed by atoms with Crippen molar-refractivity contribution in [2.24, 2.45) is 0 Å². The van der Waals surface area contributed by atoms with Crippen LogP contribution in [-0.4, -0.2) is 61.1 Å². The van der Waals surface area contributed by atoms with E-state index in [-0.39, 0.29) is 31.3 Å². The van der Waals surface area contributed by atoms with E-state index in [1.54, 1.807) is 18.2 Å². The third-order valence-corrected chi connectivity index (χ3v) is 3.70. The molecule has 2 amide bonds. The zero-order valence-electron chi connectivity index (χ0n) is 14.9. The topological polar surface area (TPSA) is 105 Å². The van der Waals surface area contributed by atoms with E-state index in [1.165, 1.54) is 33.0 Å². The third-order valence-electron chi connectivity index (χ3n) is 3.70. The van der Waals surface area contributed by atoms with Crippen LogP contribution in [-0.2, 0) is 20.8 Å². The summed E-state index contributed by atoms with van der Waals surface area (Å²) in [5, 5.41) is 11.8. The van der Waals surface area contributed by atoms with Crippen LogP contribution in [0, 0.1) is 0 Å². The second-order valence-corrected chi connectivity index (χ2v) is 5.44. The largest absolute Gasteiger partial charge is 0.497 e. The summed E-state index contributed by atoms with van der Waals surface area (Å²) in [6.07, 6.45) is -0.0436. The van der Waals surface area contributed by atoms with Gasteiger partial charge in [-0.05, 0) is 25.1 Å². The number of rotatable bonds is 9. The molecule has 1 aromatic carbocycles. The van der Waals surface area contributed by atoms with Gasteiger partial charge in [-0.1, -0.05) is 0 Å². The molecule has 0 fully saturated rings. The van der Waals surface area contributed by atoms with Crippen LogP contribution in [0.1, 0.15) is 19.4 Å². The van der Waals surface area contributed by atoms with Gasteiger partial charge in [0.15, 0.2) is 0 Å². The summed E-state index contributed by atoms with van der Waals surface area (Å²) < 4.78 is 10.4. The molecule has 1 unspecified atom stereocenters. The number of ether oxygens (including phenoxy) is 2. The smallest absolute Gasteiger partial charge is 0.326 e. The summed E-state index contributed by atoms with van der Waals surface area (Å²) >= 11 is 0. The van der Waals surface area contributed by atoms with E-state index in [9.17, 15) is 19.5 Å². The molecular formula is C17H24N2O6. The Balaban J connectivity index is 2.97. The van der Waals surface area contributed by atoms with Crippen LogP contribution in [0.25, 0.3) is 0 Å². The lowest BCUT2D eigenvalue weighted by molar-refractivity contribution is -0.149. The summed E-state index contributed by atoms with van der Waals surface area (Å²) in [5.74, 6) is -0.663. The van der Waals surface area contributed by atoms with Crippen LogP contribution in [0.5, 0.6) is 11.5 Å². The number of nitrogens with zero attached hydrogens (tertiary/aromatic N) is 1. The van der Waals surface area contributed by atoms with E-state index in [2.05, 4.69) is 5.32 Å². The van der Waals surface area contributed by atoms with Crippen molar-refractivity contribution in [2.75, 3.05) is 27.3 Å². The Labute approximate surface area is 146 Å².